The number of allylic oxidation sites excluding steroid dienone is 3. The van der Waals surface area contributed by atoms with Gasteiger partial charge in [0.05, 0.1) is 0 Å². The van der Waals surface area contributed by atoms with Gasteiger partial charge in [-0.25, -0.2) is 4.79 Å². The highest BCUT2D eigenvalue weighted by atomic mass is 16.4. The van der Waals surface area contributed by atoms with Crippen LogP contribution in [-0.4, -0.2) is 16.2 Å². The van der Waals surface area contributed by atoms with Gasteiger partial charge in [0.15, 0.2) is 0 Å². The van der Waals surface area contributed by atoms with Gasteiger partial charge in [-0.3, -0.25) is 0 Å². The third-order valence-corrected chi connectivity index (χ3v) is 4.34. The molecule has 25 heavy (non-hydrogen) atoms. The Morgan fingerprint density at radius 2 is 1.96 bits per heavy atom. The van der Waals surface area contributed by atoms with Gasteiger partial charge in [0.1, 0.15) is 11.3 Å². The van der Waals surface area contributed by atoms with Crippen LogP contribution >= 0.6 is 0 Å². The van der Waals surface area contributed by atoms with E-state index in [1.165, 1.54) is 5.57 Å². The lowest BCUT2D eigenvalue weighted by molar-refractivity contribution is 0.0692. The zero-order chi connectivity index (χ0) is 18.8. The molecule has 1 aromatic rings. The van der Waals surface area contributed by atoms with Crippen LogP contribution in [-0.2, 0) is 6.42 Å². The smallest absolute Gasteiger partial charge is 0.339 e. The summed E-state index contributed by atoms with van der Waals surface area (Å²) in [6.45, 7) is 8.42. The molecule has 0 aromatic heterocycles. The summed E-state index contributed by atoms with van der Waals surface area (Å²) in [5, 5.41) is 19.9. The van der Waals surface area contributed by atoms with E-state index in [1.54, 1.807) is 0 Å². The Morgan fingerprint density at radius 1 is 1.24 bits per heavy atom. The zero-order valence-corrected chi connectivity index (χ0v) is 16.0. The zero-order valence-electron chi connectivity index (χ0n) is 16.0. The molecule has 1 aromatic carbocycles. The van der Waals surface area contributed by atoms with E-state index in [1.807, 2.05) is 24.3 Å². The van der Waals surface area contributed by atoms with Crippen molar-refractivity contribution in [1.29, 1.82) is 0 Å². The molecular weight excluding hydrogens is 312 g/mol. The maximum atomic E-state index is 11.6. The monoisotopic (exact) mass is 344 g/mol. The number of aromatic carboxylic acids is 1. The number of carboxylic acid groups (broad SMARTS) is 1. The van der Waals surface area contributed by atoms with Gasteiger partial charge in [-0.15, -0.1) is 0 Å². The van der Waals surface area contributed by atoms with E-state index in [-0.39, 0.29) is 11.3 Å². The van der Waals surface area contributed by atoms with Crippen LogP contribution in [0.1, 0.15) is 81.3 Å². The van der Waals surface area contributed by atoms with Gasteiger partial charge >= 0.3 is 5.97 Å². The van der Waals surface area contributed by atoms with Crippen molar-refractivity contribution >= 4 is 12.0 Å². The second kappa shape index (κ2) is 10.8. The summed E-state index contributed by atoms with van der Waals surface area (Å²) in [7, 11) is 0. The fourth-order valence-corrected chi connectivity index (χ4v) is 2.80. The van der Waals surface area contributed by atoms with E-state index in [0.717, 1.165) is 32.1 Å². The van der Waals surface area contributed by atoms with Crippen molar-refractivity contribution in [3.63, 3.8) is 0 Å². The van der Waals surface area contributed by atoms with Gasteiger partial charge in [0, 0.05) is 5.56 Å². The predicted molar refractivity (Wildman–Crippen MR) is 105 cm³/mol. The van der Waals surface area contributed by atoms with E-state index in [2.05, 4.69) is 33.8 Å². The van der Waals surface area contributed by atoms with Gasteiger partial charge in [-0.05, 0) is 51.0 Å². The lowest BCUT2D eigenvalue weighted by Crippen LogP contribution is -2.04. The molecule has 3 nitrogen and oxygen atoms in total. The highest BCUT2D eigenvalue weighted by Gasteiger charge is 2.17. The molecule has 0 aliphatic heterocycles. The summed E-state index contributed by atoms with van der Waals surface area (Å²) in [5.41, 5.74) is 2.66. The molecule has 1 rings (SSSR count). The van der Waals surface area contributed by atoms with Crippen molar-refractivity contribution in [2.45, 2.75) is 66.2 Å². The number of aryl methyl sites for hydroxylation is 1. The fourth-order valence-electron chi connectivity index (χ4n) is 2.80. The lowest BCUT2D eigenvalue weighted by atomic mass is 9.96. The average Bonchev–Trinajstić information content (AvgIpc) is 2.53. The summed E-state index contributed by atoms with van der Waals surface area (Å²) >= 11 is 0. The Labute approximate surface area is 152 Å². The number of carboxylic acids is 1. The van der Waals surface area contributed by atoms with E-state index in [9.17, 15) is 15.0 Å². The quantitative estimate of drug-likeness (QED) is 0.391. The van der Waals surface area contributed by atoms with Crippen LogP contribution in [0.15, 0.2) is 29.9 Å². The maximum Gasteiger partial charge on any atom is 0.339 e. The third-order valence-electron chi connectivity index (χ3n) is 4.34. The summed E-state index contributed by atoms with van der Waals surface area (Å²) < 4.78 is 0. The summed E-state index contributed by atoms with van der Waals surface area (Å²) in [6, 6.07) is 3.66. The third kappa shape index (κ3) is 7.16. The Hall–Kier alpha value is -2.03. The first kappa shape index (κ1) is 21.0. The first-order valence-corrected chi connectivity index (χ1v) is 9.26. The topological polar surface area (TPSA) is 57.5 Å². The van der Waals surface area contributed by atoms with Gasteiger partial charge in [0.25, 0.3) is 0 Å². The number of carbonyl (C=O) groups is 1. The molecule has 0 aliphatic carbocycles. The second-order valence-corrected chi connectivity index (χ2v) is 7.00. The minimum atomic E-state index is -1.06. The molecule has 1 atom stereocenters. The van der Waals surface area contributed by atoms with Gasteiger partial charge in [-0.1, -0.05) is 62.6 Å². The predicted octanol–water partition coefficient (Wildman–Crippen LogP) is 6.22. The number of hydrogen-bond acceptors (Lipinski definition) is 2. The second-order valence-electron chi connectivity index (χ2n) is 7.00. The van der Waals surface area contributed by atoms with Crippen LogP contribution in [0.2, 0.25) is 0 Å². The molecule has 0 saturated heterocycles. The molecule has 3 heteroatoms. The van der Waals surface area contributed by atoms with E-state index >= 15 is 0 Å². The molecule has 1 unspecified atom stereocenters. The van der Waals surface area contributed by atoms with Crippen LogP contribution in [0.25, 0.3) is 6.08 Å². The Bertz CT molecular complexity index is 622. The van der Waals surface area contributed by atoms with Gasteiger partial charge in [0.2, 0.25) is 0 Å². The molecular formula is C22H32O3. The number of hydrogen-bond donors (Lipinski definition) is 2. The molecule has 0 heterocycles. The Morgan fingerprint density at radius 3 is 2.56 bits per heavy atom. The molecule has 0 spiro atoms. The number of unbranched alkanes of at least 4 members (excludes halogenated alkanes) is 2. The fraction of sp³-hybridized carbons (Fsp3) is 0.500. The van der Waals surface area contributed by atoms with Crippen LogP contribution in [0.5, 0.6) is 5.75 Å². The molecule has 2 N–H and O–H groups in total. The van der Waals surface area contributed by atoms with E-state index in [4.69, 9.17) is 0 Å². The average molecular weight is 344 g/mol. The molecule has 0 amide bonds. The number of phenols is 1. The number of rotatable bonds is 10. The number of aromatic hydroxyl groups is 1. The highest BCUT2D eigenvalue weighted by Crippen LogP contribution is 2.29. The maximum absolute atomic E-state index is 11.6. The van der Waals surface area contributed by atoms with E-state index < -0.39 is 5.97 Å². The first-order valence-electron chi connectivity index (χ1n) is 9.26. The standard InChI is InChI=1S/C22H32O3/c1-5-6-7-11-18-14-15-19(21(23)20(18)22(24)25)13-12-17(4)10-8-9-16(2)3/h9,12-15,17,23H,5-8,10-11H2,1-4H3,(H,24,25). The van der Waals surface area contributed by atoms with Crippen LogP contribution in [0, 0.1) is 5.92 Å². The molecule has 0 saturated carbocycles. The van der Waals surface area contributed by atoms with Crippen molar-refractivity contribution in [2.24, 2.45) is 5.92 Å². The molecule has 138 valence electrons. The largest absolute Gasteiger partial charge is 0.506 e. The first-order chi connectivity index (χ1) is 11.9. The SMILES string of the molecule is CCCCCc1ccc(C=CC(C)CCC=C(C)C)c(O)c1C(=O)O. The van der Waals surface area contributed by atoms with Crippen molar-refractivity contribution in [1.82, 2.24) is 0 Å². The van der Waals surface area contributed by atoms with E-state index in [0.29, 0.717) is 23.5 Å². The normalized spacial score (nSPS) is 12.3. The Kier molecular flexibility index (Phi) is 9.04. The molecule has 0 fully saturated rings. The number of benzene rings is 1. The molecule has 0 bridgehead atoms. The van der Waals surface area contributed by atoms with Crippen LogP contribution < -0.4 is 0 Å². The minimum Gasteiger partial charge on any atom is -0.506 e. The van der Waals surface area contributed by atoms with Crippen molar-refractivity contribution in [3.8, 4) is 5.75 Å². The summed E-state index contributed by atoms with van der Waals surface area (Å²) in [4.78, 5) is 11.6. The summed E-state index contributed by atoms with van der Waals surface area (Å²) in [6.07, 6.45) is 11.9. The van der Waals surface area contributed by atoms with Crippen molar-refractivity contribution < 1.29 is 15.0 Å². The van der Waals surface area contributed by atoms with Gasteiger partial charge in [-0.2, -0.15) is 0 Å². The van der Waals surface area contributed by atoms with Crippen LogP contribution in [0.4, 0.5) is 0 Å². The van der Waals surface area contributed by atoms with Crippen LogP contribution in [0.3, 0.4) is 0 Å². The minimum absolute atomic E-state index is 0.0513. The van der Waals surface area contributed by atoms with Gasteiger partial charge < -0.3 is 10.2 Å². The highest BCUT2D eigenvalue weighted by molar-refractivity contribution is 5.94. The summed E-state index contributed by atoms with van der Waals surface area (Å²) in [5.74, 6) is -0.808. The lowest BCUT2D eigenvalue weighted by Gasteiger charge is -2.11. The Balaban J connectivity index is 2.90. The molecule has 0 aliphatic rings. The van der Waals surface area contributed by atoms with Crippen molar-refractivity contribution in [2.75, 3.05) is 0 Å². The van der Waals surface area contributed by atoms with Crippen molar-refractivity contribution in [3.05, 3.63) is 46.5 Å². The molecule has 0 radical (unpaired) electrons.